The zero-order valence-corrected chi connectivity index (χ0v) is 18.4. The highest BCUT2D eigenvalue weighted by Gasteiger charge is 2.31. The molecule has 162 valence electrons. The van der Waals surface area contributed by atoms with Gasteiger partial charge in [0.2, 0.25) is 0 Å². The number of carbonyl (C=O) groups is 1. The molecule has 0 bridgehead atoms. The molecular weight excluding hydrogens is 416 g/mol. The van der Waals surface area contributed by atoms with Gasteiger partial charge in [-0.25, -0.2) is 14.8 Å². The second kappa shape index (κ2) is 8.32. The molecule has 0 radical (unpaired) electrons. The lowest BCUT2D eigenvalue weighted by Crippen LogP contribution is -2.37. The summed E-state index contributed by atoms with van der Waals surface area (Å²) in [5.74, 6) is 2.36. The predicted molar refractivity (Wildman–Crippen MR) is 119 cm³/mol. The van der Waals surface area contributed by atoms with Gasteiger partial charge in [0.05, 0.1) is 50.2 Å². The first kappa shape index (κ1) is 20.0. The molecule has 1 amide bonds. The topological polar surface area (TPSA) is 77.0 Å². The Morgan fingerprint density at radius 1 is 1.23 bits per heavy atom. The summed E-state index contributed by atoms with van der Waals surface area (Å²) in [5.41, 5.74) is 2.91. The van der Waals surface area contributed by atoms with Crippen LogP contribution >= 0.6 is 11.3 Å². The zero-order chi connectivity index (χ0) is 21.4. The van der Waals surface area contributed by atoms with Gasteiger partial charge in [0.1, 0.15) is 5.75 Å². The number of fused-ring (bicyclic) bond motifs is 3. The van der Waals surface area contributed by atoms with Crippen molar-refractivity contribution in [1.82, 2.24) is 14.9 Å². The molecule has 1 fully saturated rings. The quantitative estimate of drug-likeness (QED) is 0.613. The van der Waals surface area contributed by atoms with E-state index in [0.717, 1.165) is 50.9 Å². The number of methoxy groups -OCH3 is 1. The van der Waals surface area contributed by atoms with E-state index in [9.17, 15) is 4.79 Å². The minimum Gasteiger partial charge on any atom is -0.497 e. The number of morpholine rings is 1. The average molecular weight is 441 g/mol. The molecule has 2 aromatic heterocycles. The fourth-order valence-electron chi connectivity index (χ4n) is 3.99. The SMILES string of the molecule is CCOC(=O)N1Cc2sc3c(N4CCOCC4)nc(-c4cccc(OC)c4)nc3c2C1. The number of thiophene rings is 1. The molecule has 0 N–H and O–H groups in total. The maximum Gasteiger partial charge on any atom is 0.410 e. The van der Waals surface area contributed by atoms with Crippen LogP contribution in [0.5, 0.6) is 5.75 Å². The van der Waals surface area contributed by atoms with Gasteiger partial charge in [0.25, 0.3) is 0 Å². The number of rotatable bonds is 4. The molecule has 4 heterocycles. The van der Waals surface area contributed by atoms with Crippen molar-refractivity contribution in [2.45, 2.75) is 20.0 Å². The van der Waals surface area contributed by atoms with Crippen molar-refractivity contribution in [3.63, 3.8) is 0 Å². The molecule has 0 atom stereocenters. The van der Waals surface area contributed by atoms with Crippen LogP contribution in [0.3, 0.4) is 0 Å². The molecule has 0 saturated carbocycles. The third-order valence-corrected chi connectivity index (χ3v) is 6.75. The van der Waals surface area contributed by atoms with Crippen LogP contribution in [-0.2, 0) is 22.6 Å². The third kappa shape index (κ3) is 3.68. The van der Waals surface area contributed by atoms with Gasteiger partial charge in [-0.05, 0) is 19.1 Å². The Labute approximate surface area is 184 Å². The summed E-state index contributed by atoms with van der Waals surface area (Å²) in [6.07, 6.45) is -0.283. The van der Waals surface area contributed by atoms with E-state index < -0.39 is 0 Å². The van der Waals surface area contributed by atoms with E-state index in [-0.39, 0.29) is 6.09 Å². The zero-order valence-electron chi connectivity index (χ0n) is 17.6. The smallest absolute Gasteiger partial charge is 0.410 e. The molecule has 3 aromatic rings. The average Bonchev–Trinajstić information content (AvgIpc) is 3.38. The van der Waals surface area contributed by atoms with E-state index in [2.05, 4.69) is 4.90 Å². The highest BCUT2D eigenvalue weighted by molar-refractivity contribution is 7.19. The lowest BCUT2D eigenvalue weighted by Gasteiger charge is -2.28. The highest BCUT2D eigenvalue weighted by Crippen LogP contribution is 2.42. The van der Waals surface area contributed by atoms with E-state index >= 15 is 0 Å². The second-order valence-corrected chi connectivity index (χ2v) is 8.54. The van der Waals surface area contributed by atoms with Gasteiger partial charge >= 0.3 is 6.09 Å². The summed E-state index contributed by atoms with van der Waals surface area (Å²) < 4.78 is 17.2. The molecule has 0 spiro atoms. The highest BCUT2D eigenvalue weighted by atomic mass is 32.1. The minimum atomic E-state index is -0.283. The molecule has 31 heavy (non-hydrogen) atoms. The van der Waals surface area contributed by atoms with Crippen LogP contribution in [0.15, 0.2) is 24.3 Å². The Kier molecular flexibility index (Phi) is 5.37. The Morgan fingerprint density at radius 3 is 2.84 bits per heavy atom. The van der Waals surface area contributed by atoms with Crippen molar-refractivity contribution in [2.24, 2.45) is 0 Å². The Hall–Kier alpha value is -2.91. The Bertz CT molecular complexity index is 1130. The van der Waals surface area contributed by atoms with Gasteiger partial charge in [-0.2, -0.15) is 0 Å². The molecule has 8 nitrogen and oxygen atoms in total. The number of aromatic nitrogens is 2. The maximum absolute atomic E-state index is 12.3. The first-order valence-electron chi connectivity index (χ1n) is 10.4. The summed E-state index contributed by atoms with van der Waals surface area (Å²) in [6, 6.07) is 7.78. The van der Waals surface area contributed by atoms with E-state index in [4.69, 9.17) is 24.2 Å². The van der Waals surface area contributed by atoms with Crippen LogP contribution in [0, 0.1) is 0 Å². The Morgan fingerprint density at radius 2 is 2.06 bits per heavy atom. The van der Waals surface area contributed by atoms with Crippen LogP contribution in [0.25, 0.3) is 21.6 Å². The van der Waals surface area contributed by atoms with Crippen LogP contribution in [0.2, 0.25) is 0 Å². The van der Waals surface area contributed by atoms with Crippen LogP contribution < -0.4 is 9.64 Å². The number of carbonyl (C=O) groups excluding carboxylic acids is 1. The standard InChI is InChI=1S/C22H24N4O4S/c1-3-30-22(27)26-12-16-17(13-26)31-19-18(16)23-20(14-5-4-6-15(11-14)28-2)24-21(19)25-7-9-29-10-8-25/h4-6,11H,3,7-10,12-13H2,1-2H3. The molecule has 5 rings (SSSR count). The first-order valence-corrected chi connectivity index (χ1v) is 11.2. The maximum atomic E-state index is 12.3. The lowest BCUT2D eigenvalue weighted by molar-refractivity contribution is 0.107. The number of benzene rings is 1. The van der Waals surface area contributed by atoms with Crippen molar-refractivity contribution in [2.75, 3.05) is 44.9 Å². The minimum absolute atomic E-state index is 0.283. The fraction of sp³-hybridized carbons (Fsp3) is 0.409. The normalized spacial score (nSPS) is 15.9. The predicted octanol–water partition coefficient (Wildman–Crippen LogP) is 3.68. The number of ether oxygens (including phenoxy) is 3. The van der Waals surface area contributed by atoms with Crippen molar-refractivity contribution in [3.05, 3.63) is 34.7 Å². The van der Waals surface area contributed by atoms with Crippen molar-refractivity contribution in [3.8, 4) is 17.1 Å². The van der Waals surface area contributed by atoms with Crippen molar-refractivity contribution >= 4 is 33.5 Å². The van der Waals surface area contributed by atoms with E-state index in [1.54, 1.807) is 23.3 Å². The van der Waals surface area contributed by atoms with Crippen LogP contribution in [0.1, 0.15) is 17.4 Å². The molecule has 1 saturated heterocycles. The Balaban J connectivity index is 1.62. The molecule has 9 heteroatoms. The molecule has 0 aliphatic carbocycles. The number of amides is 1. The summed E-state index contributed by atoms with van der Waals surface area (Å²) in [5, 5.41) is 0. The number of hydrogen-bond acceptors (Lipinski definition) is 8. The van der Waals surface area contributed by atoms with Gasteiger partial charge in [-0.15, -0.1) is 11.3 Å². The summed E-state index contributed by atoms with van der Waals surface area (Å²) in [7, 11) is 1.65. The van der Waals surface area contributed by atoms with Crippen LogP contribution in [0.4, 0.5) is 10.6 Å². The molecular formula is C22H24N4O4S. The number of hydrogen-bond donors (Lipinski definition) is 0. The lowest BCUT2D eigenvalue weighted by atomic mass is 10.2. The summed E-state index contributed by atoms with van der Waals surface area (Å²) in [4.78, 5) is 27.3. The molecule has 0 unspecified atom stereocenters. The summed E-state index contributed by atoms with van der Waals surface area (Å²) in [6.45, 7) is 6.19. The van der Waals surface area contributed by atoms with Gasteiger partial charge in [-0.3, -0.25) is 4.90 Å². The van der Waals surface area contributed by atoms with Crippen molar-refractivity contribution < 1.29 is 19.0 Å². The van der Waals surface area contributed by atoms with Crippen molar-refractivity contribution in [1.29, 1.82) is 0 Å². The van der Waals surface area contributed by atoms with Gasteiger partial charge in [-0.1, -0.05) is 12.1 Å². The molecule has 1 aromatic carbocycles. The second-order valence-electron chi connectivity index (χ2n) is 7.44. The fourth-order valence-corrected chi connectivity index (χ4v) is 5.27. The van der Waals surface area contributed by atoms with Gasteiger partial charge < -0.3 is 19.1 Å². The number of nitrogens with zero attached hydrogens (tertiary/aromatic N) is 4. The number of anilines is 1. The van der Waals surface area contributed by atoms with Gasteiger partial charge in [0, 0.05) is 29.1 Å². The first-order chi connectivity index (χ1) is 15.2. The van der Waals surface area contributed by atoms with E-state index in [0.29, 0.717) is 38.7 Å². The molecule has 2 aliphatic rings. The molecule has 2 aliphatic heterocycles. The van der Waals surface area contributed by atoms with E-state index in [1.807, 2.05) is 31.2 Å². The van der Waals surface area contributed by atoms with E-state index in [1.165, 1.54) is 0 Å². The summed E-state index contributed by atoms with van der Waals surface area (Å²) >= 11 is 1.68. The van der Waals surface area contributed by atoms with Gasteiger partial charge in [0.15, 0.2) is 11.6 Å². The largest absolute Gasteiger partial charge is 0.497 e. The monoisotopic (exact) mass is 440 g/mol. The third-order valence-electron chi connectivity index (χ3n) is 5.54. The van der Waals surface area contributed by atoms with Crippen LogP contribution in [-0.4, -0.2) is 61.0 Å².